The van der Waals surface area contributed by atoms with Gasteiger partial charge in [-0.1, -0.05) is 37.8 Å². The first kappa shape index (κ1) is 15.2. The van der Waals surface area contributed by atoms with Crippen LogP contribution in [0.3, 0.4) is 0 Å². The van der Waals surface area contributed by atoms with Crippen molar-refractivity contribution >= 4 is 0 Å². The number of nitrogens with zero attached hydrogens (tertiary/aromatic N) is 1. The Morgan fingerprint density at radius 2 is 1.94 bits per heavy atom. The van der Waals surface area contributed by atoms with Crippen LogP contribution in [0.1, 0.15) is 59.8 Å². The molecule has 0 amide bonds. The van der Waals surface area contributed by atoms with E-state index in [0.717, 1.165) is 12.8 Å². The van der Waals surface area contributed by atoms with E-state index in [2.05, 4.69) is 13.0 Å². The molecule has 0 unspecified atom stereocenters. The van der Waals surface area contributed by atoms with Crippen LogP contribution in [0.25, 0.3) is 0 Å². The fourth-order valence-electron chi connectivity index (χ4n) is 3.08. The van der Waals surface area contributed by atoms with Gasteiger partial charge in [0, 0.05) is 0 Å². The molecule has 18 heavy (non-hydrogen) atoms. The van der Waals surface area contributed by atoms with Gasteiger partial charge in [-0.05, 0) is 45.4 Å². The van der Waals surface area contributed by atoms with Gasteiger partial charge in [0.1, 0.15) is 0 Å². The van der Waals surface area contributed by atoms with Crippen LogP contribution in [-0.4, -0.2) is 11.2 Å². The van der Waals surface area contributed by atoms with Crippen molar-refractivity contribution in [3.63, 3.8) is 0 Å². The van der Waals surface area contributed by atoms with E-state index in [4.69, 9.17) is 0 Å². The highest BCUT2D eigenvalue weighted by Gasteiger charge is 2.43. The summed E-state index contributed by atoms with van der Waals surface area (Å²) in [5.74, 6) is 0.403. The van der Waals surface area contributed by atoms with Crippen molar-refractivity contribution in [1.29, 1.82) is 5.26 Å². The molecule has 0 aromatic carbocycles. The average molecular weight is 249 g/mol. The molecule has 3 atom stereocenters. The van der Waals surface area contributed by atoms with Crippen LogP contribution in [0.5, 0.6) is 0 Å². The van der Waals surface area contributed by atoms with Crippen molar-refractivity contribution in [3.05, 3.63) is 11.6 Å². The third-order valence-corrected chi connectivity index (χ3v) is 4.99. The summed E-state index contributed by atoms with van der Waals surface area (Å²) in [5, 5.41) is 20.2. The van der Waals surface area contributed by atoms with E-state index in [9.17, 15) is 10.4 Å². The van der Waals surface area contributed by atoms with Crippen LogP contribution in [0.15, 0.2) is 11.6 Å². The molecule has 0 aliphatic heterocycles. The number of aliphatic hydroxyl groups excluding tert-OH is 1. The number of aliphatic hydroxyl groups is 1. The number of rotatable bonds is 4. The zero-order chi connectivity index (χ0) is 13.8. The van der Waals surface area contributed by atoms with Gasteiger partial charge < -0.3 is 5.11 Å². The Bertz CT molecular complexity index is 335. The second-order valence-electron chi connectivity index (χ2n) is 5.99. The third-order valence-electron chi connectivity index (χ3n) is 4.99. The van der Waals surface area contributed by atoms with Gasteiger partial charge in [0.25, 0.3) is 0 Å². The van der Waals surface area contributed by atoms with Gasteiger partial charge in [0.2, 0.25) is 0 Å². The molecule has 1 aliphatic rings. The van der Waals surface area contributed by atoms with Crippen LogP contribution >= 0.6 is 0 Å². The van der Waals surface area contributed by atoms with Gasteiger partial charge >= 0.3 is 0 Å². The molecule has 0 saturated heterocycles. The van der Waals surface area contributed by atoms with Crippen molar-refractivity contribution in [2.45, 2.75) is 65.9 Å². The van der Waals surface area contributed by atoms with Gasteiger partial charge in [-0.2, -0.15) is 5.26 Å². The average Bonchev–Trinajstić information content (AvgIpc) is 2.44. The Morgan fingerprint density at radius 1 is 1.39 bits per heavy atom. The van der Waals surface area contributed by atoms with E-state index >= 15 is 0 Å². The molecule has 0 bridgehead atoms. The lowest BCUT2D eigenvalue weighted by molar-refractivity contribution is -0.0110. The molecule has 0 heterocycles. The minimum Gasteiger partial charge on any atom is -0.391 e. The Hall–Kier alpha value is -0.810. The molecular weight excluding hydrogens is 222 g/mol. The van der Waals surface area contributed by atoms with Crippen molar-refractivity contribution in [1.82, 2.24) is 0 Å². The summed E-state index contributed by atoms with van der Waals surface area (Å²) in [6, 6.07) is 2.40. The highest BCUT2D eigenvalue weighted by Crippen LogP contribution is 2.41. The molecule has 0 aromatic rings. The van der Waals surface area contributed by atoms with Crippen LogP contribution in [0, 0.1) is 28.6 Å². The van der Waals surface area contributed by atoms with Crippen molar-refractivity contribution in [2.75, 3.05) is 0 Å². The third kappa shape index (κ3) is 2.95. The zero-order valence-electron chi connectivity index (χ0n) is 12.2. The first-order chi connectivity index (χ1) is 8.47. The molecule has 2 heteroatoms. The Kier molecular flexibility index (Phi) is 5.41. The lowest BCUT2D eigenvalue weighted by Gasteiger charge is -2.39. The SMILES string of the molecule is C/C=C(\C)[C@H](C)[C@@](C)(C#N)[C@H](O)C1CCCCC1. The van der Waals surface area contributed by atoms with Crippen molar-refractivity contribution in [2.24, 2.45) is 17.3 Å². The van der Waals surface area contributed by atoms with Crippen molar-refractivity contribution < 1.29 is 5.11 Å². The highest BCUT2D eigenvalue weighted by atomic mass is 16.3. The van der Waals surface area contributed by atoms with Crippen molar-refractivity contribution in [3.8, 4) is 6.07 Å². The smallest absolute Gasteiger partial charge is 0.0869 e. The van der Waals surface area contributed by atoms with Crippen LogP contribution in [-0.2, 0) is 0 Å². The maximum absolute atomic E-state index is 10.7. The Balaban J connectivity index is 2.89. The summed E-state index contributed by atoms with van der Waals surface area (Å²) < 4.78 is 0. The lowest BCUT2D eigenvalue weighted by Crippen LogP contribution is -2.43. The molecule has 1 aliphatic carbocycles. The summed E-state index contributed by atoms with van der Waals surface area (Å²) in [6.45, 7) is 8.03. The number of hydrogen-bond acceptors (Lipinski definition) is 2. The molecule has 0 aromatic heterocycles. The number of hydrogen-bond donors (Lipinski definition) is 1. The first-order valence-corrected chi connectivity index (χ1v) is 7.19. The fourth-order valence-corrected chi connectivity index (χ4v) is 3.08. The molecule has 0 radical (unpaired) electrons. The van der Waals surface area contributed by atoms with E-state index in [0.29, 0.717) is 5.92 Å². The minimum atomic E-state index is -0.668. The second kappa shape index (κ2) is 6.38. The van der Waals surface area contributed by atoms with Crippen LogP contribution in [0.2, 0.25) is 0 Å². The molecule has 1 N–H and O–H groups in total. The van der Waals surface area contributed by atoms with E-state index in [1.165, 1.54) is 24.8 Å². The predicted molar refractivity (Wildman–Crippen MR) is 74.9 cm³/mol. The largest absolute Gasteiger partial charge is 0.391 e. The monoisotopic (exact) mass is 249 g/mol. The molecule has 2 nitrogen and oxygen atoms in total. The summed E-state index contributed by atoms with van der Waals surface area (Å²) in [5.41, 5.74) is 0.521. The van der Waals surface area contributed by atoms with Gasteiger partial charge in [0.05, 0.1) is 17.6 Å². The maximum atomic E-state index is 10.7. The van der Waals surface area contributed by atoms with Gasteiger partial charge in [-0.15, -0.1) is 0 Å². The van der Waals surface area contributed by atoms with E-state index in [-0.39, 0.29) is 5.92 Å². The van der Waals surface area contributed by atoms with Gasteiger partial charge in [-0.3, -0.25) is 0 Å². The molecule has 1 saturated carbocycles. The number of nitriles is 1. The topological polar surface area (TPSA) is 44.0 Å². The normalized spacial score (nSPS) is 25.0. The molecule has 1 fully saturated rings. The predicted octanol–water partition coefficient (Wildman–Crippen LogP) is 4.06. The first-order valence-electron chi connectivity index (χ1n) is 7.19. The number of allylic oxidation sites excluding steroid dienone is 2. The standard InChI is InChI=1S/C16H27NO/c1-5-12(2)13(3)16(4,11-17)15(18)14-9-7-6-8-10-14/h5,13-15,18H,6-10H2,1-4H3/b12-5+/t13-,15+,16+/m0/s1. The second-order valence-corrected chi connectivity index (χ2v) is 5.99. The van der Waals surface area contributed by atoms with Crippen LogP contribution in [0.4, 0.5) is 0 Å². The van der Waals surface area contributed by atoms with Gasteiger partial charge in [-0.25, -0.2) is 0 Å². The quantitative estimate of drug-likeness (QED) is 0.764. The molecule has 1 rings (SSSR count). The molecule has 0 spiro atoms. The zero-order valence-corrected chi connectivity index (χ0v) is 12.2. The lowest BCUT2D eigenvalue weighted by atomic mass is 9.66. The van der Waals surface area contributed by atoms with E-state index < -0.39 is 11.5 Å². The summed E-state index contributed by atoms with van der Waals surface area (Å²) in [4.78, 5) is 0. The Labute approximate surface area is 112 Å². The fraction of sp³-hybridized carbons (Fsp3) is 0.812. The summed E-state index contributed by atoms with van der Waals surface area (Å²) in [7, 11) is 0. The van der Waals surface area contributed by atoms with Gasteiger partial charge in [0.15, 0.2) is 0 Å². The molecular formula is C16H27NO. The Morgan fingerprint density at radius 3 is 2.39 bits per heavy atom. The maximum Gasteiger partial charge on any atom is 0.0869 e. The minimum absolute atomic E-state index is 0.101. The summed E-state index contributed by atoms with van der Waals surface area (Å²) >= 11 is 0. The van der Waals surface area contributed by atoms with E-state index in [1.807, 2.05) is 26.8 Å². The highest BCUT2D eigenvalue weighted by molar-refractivity contribution is 5.15. The van der Waals surface area contributed by atoms with E-state index in [1.54, 1.807) is 0 Å². The molecule has 102 valence electrons. The summed E-state index contributed by atoms with van der Waals surface area (Å²) in [6.07, 6.45) is 7.34. The van der Waals surface area contributed by atoms with Crippen LogP contribution < -0.4 is 0 Å².